The fraction of sp³-hybridized carbons (Fsp3) is 0.308. The van der Waals surface area contributed by atoms with Gasteiger partial charge in [-0.1, -0.05) is 41.9 Å². The number of anilines is 3. The largest absolute Gasteiger partial charge is 0.374 e. The van der Waals surface area contributed by atoms with Gasteiger partial charge in [-0.25, -0.2) is 13.1 Å². The highest BCUT2D eigenvalue weighted by atomic mass is 35.5. The molecule has 0 aliphatic carbocycles. The quantitative estimate of drug-likeness (QED) is 0.507. The zero-order chi connectivity index (χ0) is 23.0. The molecule has 1 N–H and O–H groups in total. The Kier molecular flexibility index (Phi) is 6.08. The molecule has 2 heterocycles. The van der Waals surface area contributed by atoms with Crippen LogP contribution in [0, 0.1) is 0 Å². The second kappa shape index (κ2) is 9.01. The van der Waals surface area contributed by atoms with Gasteiger partial charge in [-0.2, -0.15) is 0 Å². The van der Waals surface area contributed by atoms with Crippen LogP contribution in [0.25, 0.3) is 0 Å². The normalized spacial score (nSPS) is 15.1. The van der Waals surface area contributed by atoms with Gasteiger partial charge in [-0.15, -0.1) is 0 Å². The van der Waals surface area contributed by atoms with Crippen molar-refractivity contribution >= 4 is 38.7 Å². The van der Waals surface area contributed by atoms with Crippen molar-refractivity contribution in [1.82, 2.24) is 4.72 Å². The van der Waals surface area contributed by atoms with Crippen LogP contribution >= 0.6 is 11.6 Å². The molecule has 0 spiro atoms. The van der Waals surface area contributed by atoms with Crippen LogP contribution in [0.1, 0.15) is 23.1 Å². The van der Waals surface area contributed by atoms with E-state index >= 15 is 0 Å². The van der Waals surface area contributed by atoms with Gasteiger partial charge in [0.1, 0.15) is 0 Å². The number of fused-ring (bicyclic) bond motifs is 3. The summed E-state index contributed by atoms with van der Waals surface area (Å²) in [5.74, 6) is 0. The SMILES string of the molecule is CN1CCc2ccc(S(=O)(=O)NCCCN3c4ccccc4CCc4ccc(Cl)cc43)cc21. The highest BCUT2D eigenvalue weighted by Gasteiger charge is 2.22. The van der Waals surface area contributed by atoms with Crippen LogP contribution in [0.5, 0.6) is 0 Å². The third-order valence-electron chi connectivity index (χ3n) is 6.63. The molecule has 5 nitrogen and oxygen atoms in total. The van der Waals surface area contributed by atoms with Crippen molar-refractivity contribution in [2.24, 2.45) is 0 Å². The average molecular weight is 482 g/mol. The molecule has 2 aliphatic rings. The molecule has 0 aromatic heterocycles. The van der Waals surface area contributed by atoms with Crippen molar-refractivity contribution in [1.29, 1.82) is 0 Å². The Labute approximate surface area is 201 Å². The van der Waals surface area contributed by atoms with E-state index in [1.807, 2.05) is 25.2 Å². The van der Waals surface area contributed by atoms with Crippen LogP contribution in [-0.2, 0) is 29.3 Å². The van der Waals surface area contributed by atoms with Gasteiger partial charge in [0.2, 0.25) is 10.0 Å². The number of likely N-dealkylation sites (N-methyl/N-ethyl adjacent to an activating group) is 1. The van der Waals surface area contributed by atoms with Crippen LogP contribution in [0.4, 0.5) is 17.1 Å². The number of nitrogens with one attached hydrogen (secondary N) is 1. The van der Waals surface area contributed by atoms with Gasteiger partial charge in [-0.3, -0.25) is 0 Å². The first-order valence-corrected chi connectivity index (χ1v) is 13.3. The van der Waals surface area contributed by atoms with E-state index in [-0.39, 0.29) is 0 Å². The van der Waals surface area contributed by atoms with Crippen molar-refractivity contribution in [3.63, 3.8) is 0 Å². The highest BCUT2D eigenvalue weighted by Crippen LogP contribution is 2.37. The Bertz CT molecular complexity index is 1290. The summed E-state index contributed by atoms with van der Waals surface area (Å²) >= 11 is 6.34. The molecule has 0 bridgehead atoms. The molecule has 0 radical (unpaired) electrons. The predicted octanol–water partition coefficient (Wildman–Crippen LogP) is 4.94. The Balaban J connectivity index is 1.31. The molecule has 0 unspecified atom stereocenters. The lowest BCUT2D eigenvalue weighted by Gasteiger charge is -2.27. The zero-order valence-electron chi connectivity index (χ0n) is 18.7. The molecule has 2 aliphatic heterocycles. The Morgan fingerprint density at radius 2 is 1.61 bits per heavy atom. The van der Waals surface area contributed by atoms with Crippen molar-refractivity contribution in [3.8, 4) is 0 Å². The lowest BCUT2D eigenvalue weighted by atomic mass is 10.0. The lowest BCUT2D eigenvalue weighted by Crippen LogP contribution is -2.28. The first-order valence-electron chi connectivity index (χ1n) is 11.4. The minimum absolute atomic E-state index is 0.326. The maximum Gasteiger partial charge on any atom is 0.240 e. The van der Waals surface area contributed by atoms with Crippen molar-refractivity contribution in [3.05, 3.63) is 82.4 Å². The fourth-order valence-electron chi connectivity index (χ4n) is 4.84. The monoisotopic (exact) mass is 481 g/mol. The molecule has 3 aromatic carbocycles. The van der Waals surface area contributed by atoms with Crippen LogP contribution in [0.3, 0.4) is 0 Å². The maximum atomic E-state index is 12.9. The van der Waals surface area contributed by atoms with E-state index < -0.39 is 10.0 Å². The number of sulfonamides is 1. The van der Waals surface area contributed by atoms with Crippen LogP contribution < -0.4 is 14.5 Å². The smallest absolute Gasteiger partial charge is 0.240 e. The zero-order valence-corrected chi connectivity index (χ0v) is 20.3. The molecular formula is C26H28ClN3O2S. The van der Waals surface area contributed by atoms with Gasteiger partial charge in [-0.05, 0) is 72.7 Å². The molecule has 3 aromatic rings. The van der Waals surface area contributed by atoms with Crippen LogP contribution in [0.2, 0.25) is 5.02 Å². The number of hydrogen-bond acceptors (Lipinski definition) is 4. The topological polar surface area (TPSA) is 52.7 Å². The molecule has 0 saturated carbocycles. The fourth-order valence-corrected chi connectivity index (χ4v) is 6.10. The molecule has 0 amide bonds. The predicted molar refractivity (Wildman–Crippen MR) is 136 cm³/mol. The van der Waals surface area contributed by atoms with Gasteiger partial charge in [0.25, 0.3) is 0 Å². The molecule has 172 valence electrons. The van der Waals surface area contributed by atoms with E-state index in [9.17, 15) is 8.42 Å². The molecule has 0 atom stereocenters. The van der Waals surface area contributed by atoms with E-state index in [1.54, 1.807) is 12.1 Å². The lowest BCUT2D eigenvalue weighted by molar-refractivity contribution is 0.579. The summed E-state index contributed by atoms with van der Waals surface area (Å²) in [6.07, 6.45) is 3.56. The first-order chi connectivity index (χ1) is 15.9. The molecule has 33 heavy (non-hydrogen) atoms. The highest BCUT2D eigenvalue weighted by molar-refractivity contribution is 7.89. The Morgan fingerprint density at radius 3 is 2.45 bits per heavy atom. The van der Waals surface area contributed by atoms with Gasteiger partial charge in [0.05, 0.1) is 4.90 Å². The summed E-state index contributed by atoms with van der Waals surface area (Å²) in [6, 6.07) is 19.9. The molecule has 0 fully saturated rings. The summed E-state index contributed by atoms with van der Waals surface area (Å²) in [7, 11) is -1.56. The van der Waals surface area contributed by atoms with E-state index in [4.69, 9.17) is 11.6 Å². The minimum Gasteiger partial charge on any atom is -0.374 e. The summed E-state index contributed by atoms with van der Waals surface area (Å²) in [4.78, 5) is 4.71. The number of benzene rings is 3. The number of aryl methyl sites for hydroxylation is 2. The van der Waals surface area contributed by atoms with Gasteiger partial charge >= 0.3 is 0 Å². The molecule has 5 rings (SSSR count). The van der Waals surface area contributed by atoms with Crippen molar-refractivity contribution in [2.45, 2.75) is 30.6 Å². The van der Waals surface area contributed by atoms with Crippen LogP contribution in [0.15, 0.2) is 65.6 Å². The first kappa shape index (κ1) is 22.3. The third kappa shape index (κ3) is 4.47. The Hall–Kier alpha value is -2.54. The molecule has 0 saturated heterocycles. The van der Waals surface area contributed by atoms with Gasteiger partial charge in [0, 0.05) is 48.8 Å². The standard InChI is InChI=1S/C26H28ClN3O2S/c1-29-16-13-21-10-12-23(18-25(21)29)33(31,32)28-14-4-15-30-24-6-3-2-5-19(24)7-8-20-9-11-22(27)17-26(20)30/h2-3,5-6,9-12,17-18,28H,4,7-8,13-16H2,1H3. The maximum absolute atomic E-state index is 12.9. The third-order valence-corrected chi connectivity index (χ3v) is 8.32. The number of nitrogens with zero attached hydrogens (tertiary/aromatic N) is 2. The number of rotatable bonds is 6. The summed E-state index contributed by atoms with van der Waals surface area (Å²) in [5.41, 5.74) is 7.05. The van der Waals surface area contributed by atoms with Crippen LogP contribution in [-0.4, -0.2) is 35.1 Å². The number of halogens is 1. The number of hydrogen-bond donors (Lipinski definition) is 1. The molecular weight excluding hydrogens is 454 g/mol. The van der Waals surface area contributed by atoms with Crippen molar-refractivity contribution < 1.29 is 8.42 Å². The Morgan fingerprint density at radius 1 is 0.879 bits per heavy atom. The van der Waals surface area contributed by atoms with Gasteiger partial charge < -0.3 is 9.80 Å². The van der Waals surface area contributed by atoms with E-state index in [2.05, 4.69) is 44.9 Å². The summed E-state index contributed by atoms with van der Waals surface area (Å²) in [6.45, 7) is 1.98. The van der Waals surface area contributed by atoms with Gasteiger partial charge in [0.15, 0.2) is 0 Å². The second-order valence-electron chi connectivity index (χ2n) is 8.77. The summed E-state index contributed by atoms with van der Waals surface area (Å²) in [5, 5.41) is 0.709. The minimum atomic E-state index is -3.56. The van der Waals surface area contributed by atoms with E-state index in [0.29, 0.717) is 29.4 Å². The van der Waals surface area contributed by atoms with E-state index in [0.717, 1.165) is 37.2 Å². The second-order valence-corrected chi connectivity index (χ2v) is 11.0. The van der Waals surface area contributed by atoms with Crippen molar-refractivity contribution in [2.75, 3.05) is 36.5 Å². The molecule has 7 heteroatoms. The number of para-hydroxylation sites is 1. The van der Waals surface area contributed by atoms with E-state index in [1.165, 1.54) is 22.4 Å². The summed E-state index contributed by atoms with van der Waals surface area (Å²) < 4.78 is 28.6. The average Bonchev–Trinajstić information content (AvgIpc) is 3.11.